The number of sulfone groups is 1. The smallest absolute Gasteiger partial charge is 0.177 e. The molecule has 0 aromatic heterocycles. The van der Waals surface area contributed by atoms with Gasteiger partial charge in [0.1, 0.15) is 0 Å². The van der Waals surface area contributed by atoms with Crippen LogP contribution in [0.2, 0.25) is 0 Å². The van der Waals surface area contributed by atoms with Gasteiger partial charge in [0, 0.05) is 12.8 Å². The summed E-state index contributed by atoms with van der Waals surface area (Å²) in [5.41, 5.74) is 7.61. The van der Waals surface area contributed by atoms with Gasteiger partial charge in [-0.2, -0.15) is 0 Å². The summed E-state index contributed by atoms with van der Waals surface area (Å²) in [6, 6.07) is 4.90. The van der Waals surface area contributed by atoms with Crippen LogP contribution in [0.15, 0.2) is 35.2 Å². The van der Waals surface area contributed by atoms with Crippen LogP contribution in [0.1, 0.15) is 6.92 Å². The molecule has 0 aliphatic carbocycles. The van der Waals surface area contributed by atoms with Crippen LogP contribution in [0.4, 0.5) is 11.4 Å². The lowest BCUT2D eigenvalue weighted by atomic mass is 10.2. The minimum absolute atomic E-state index is 0.152. The molecule has 0 aliphatic heterocycles. The molecule has 88 valence electrons. The van der Waals surface area contributed by atoms with Crippen LogP contribution in [0, 0.1) is 0 Å². The van der Waals surface area contributed by atoms with Gasteiger partial charge >= 0.3 is 0 Å². The molecule has 0 heterocycles. The zero-order valence-corrected chi connectivity index (χ0v) is 10.3. The minimum Gasteiger partial charge on any atom is -0.396 e. The summed E-state index contributed by atoms with van der Waals surface area (Å²) in [4.78, 5) is 0.152. The summed E-state index contributed by atoms with van der Waals surface area (Å²) in [6.45, 7) is 6.19. The first-order valence-electron chi connectivity index (χ1n) is 4.79. The molecule has 0 aliphatic rings. The van der Waals surface area contributed by atoms with E-state index in [2.05, 4.69) is 11.9 Å². The van der Waals surface area contributed by atoms with Crippen molar-refractivity contribution in [2.45, 2.75) is 11.8 Å². The van der Waals surface area contributed by atoms with E-state index in [0.29, 0.717) is 12.2 Å². The number of benzene rings is 1. The molecule has 0 saturated heterocycles. The highest BCUT2D eigenvalue weighted by Gasteiger charge is 2.13. The van der Waals surface area contributed by atoms with E-state index in [0.717, 1.165) is 11.8 Å². The van der Waals surface area contributed by atoms with Crippen LogP contribution in [0.25, 0.3) is 0 Å². The summed E-state index contributed by atoms with van der Waals surface area (Å²) in [5, 5.41) is 3.04. The molecule has 0 amide bonds. The quantitative estimate of drug-likeness (QED) is 0.620. The molecule has 1 rings (SSSR count). The van der Waals surface area contributed by atoms with Gasteiger partial charge in [-0.15, -0.1) is 0 Å². The molecule has 0 radical (unpaired) electrons. The molecule has 0 fully saturated rings. The number of nitrogen functional groups attached to an aromatic ring is 1. The number of para-hydroxylation sites is 1. The topological polar surface area (TPSA) is 72.2 Å². The van der Waals surface area contributed by atoms with Crippen molar-refractivity contribution in [3.63, 3.8) is 0 Å². The van der Waals surface area contributed by atoms with Crippen molar-refractivity contribution in [2.24, 2.45) is 0 Å². The second kappa shape index (κ2) is 4.57. The van der Waals surface area contributed by atoms with E-state index >= 15 is 0 Å². The first kappa shape index (κ1) is 12.6. The third-order valence-electron chi connectivity index (χ3n) is 2.05. The van der Waals surface area contributed by atoms with Crippen LogP contribution in [0.5, 0.6) is 0 Å². The Morgan fingerprint density at radius 3 is 2.62 bits per heavy atom. The van der Waals surface area contributed by atoms with Gasteiger partial charge in [-0.1, -0.05) is 18.2 Å². The lowest BCUT2D eigenvalue weighted by Crippen LogP contribution is -2.08. The van der Waals surface area contributed by atoms with Crippen molar-refractivity contribution in [1.29, 1.82) is 0 Å². The summed E-state index contributed by atoms with van der Waals surface area (Å²) in [5.74, 6) is 0. The van der Waals surface area contributed by atoms with E-state index in [1.165, 1.54) is 6.07 Å². The highest BCUT2D eigenvalue weighted by atomic mass is 32.2. The molecule has 16 heavy (non-hydrogen) atoms. The van der Waals surface area contributed by atoms with Gasteiger partial charge in [0.2, 0.25) is 0 Å². The second-order valence-electron chi connectivity index (χ2n) is 3.80. The zero-order chi connectivity index (χ0) is 12.3. The van der Waals surface area contributed by atoms with Crippen LogP contribution in [-0.2, 0) is 9.84 Å². The fourth-order valence-corrected chi connectivity index (χ4v) is 2.10. The van der Waals surface area contributed by atoms with Crippen molar-refractivity contribution in [2.75, 3.05) is 23.9 Å². The summed E-state index contributed by atoms with van der Waals surface area (Å²) in [7, 11) is -3.28. The Morgan fingerprint density at radius 2 is 2.12 bits per heavy atom. The van der Waals surface area contributed by atoms with Crippen molar-refractivity contribution in [1.82, 2.24) is 0 Å². The number of hydrogen-bond acceptors (Lipinski definition) is 4. The van der Waals surface area contributed by atoms with Crippen molar-refractivity contribution < 1.29 is 8.42 Å². The number of nitrogens with one attached hydrogen (secondary N) is 1. The van der Waals surface area contributed by atoms with E-state index < -0.39 is 9.84 Å². The van der Waals surface area contributed by atoms with Crippen molar-refractivity contribution >= 4 is 21.2 Å². The maximum absolute atomic E-state index is 11.4. The van der Waals surface area contributed by atoms with Crippen LogP contribution in [0.3, 0.4) is 0 Å². The molecule has 0 atom stereocenters. The lowest BCUT2D eigenvalue weighted by Gasteiger charge is -2.11. The molecular formula is C11H16N2O2S. The Balaban J connectivity index is 3.10. The third-order valence-corrected chi connectivity index (χ3v) is 3.20. The molecule has 1 aromatic rings. The normalized spacial score (nSPS) is 11.1. The first-order chi connectivity index (χ1) is 7.32. The average molecular weight is 240 g/mol. The zero-order valence-electron chi connectivity index (χ0n) is 9.45. The van der Waals surface area contributed by atoms with E-state index in [1.807, 2.05) is 6.92 Å². The average Bonchev–Trinajstić information content (AvgIpc) is 2.14. The molecule has 0 bridgehead atoms. The molecule has 1 aromatic carbocycles. The molecule has 0 spiro atoms. The maximum Gasteiger partial charge on any atom is 0.177 e. The fourth-order valence-electron chi connectivity index (χ4n) is 1.27. The monoisotopic (exact) mass is 240 g/mol. The van der Waals surface area contributed by atoms with E-state index in [9.17, 15) is 8.42 Å². The Labute approximate surface area is 96.1 Å². The predicted octanol–water partition coefficient (Wildman–Crippen LogP) is 1.66. The maximum atomic E-state index is 11.4. The van der Waals surface area contributed by atoms with Gasteiger partial charge in [-0.25, -0.2) is 8.42 Å². The molecule has 3 N–H and O–H groups in total. The van der Waals surface area contributed by atoms with Gasteiger partial charge in [-0.3, -0.25) is 0 Å². The SMILES string of the molecule is C=C(C)CNc1cccc(S(C)(=O)=O)c1N. The molecular weight excluding hydrogens is 224 g/mol. The molecule has 0 unspecified atom stereocenters. The Kier molecular flexibility index (Phi) is 3.59. The van der Waals surface area contributed by atoms with Crippen LogP contribution < -0.4 is 11.1 Å². The standard InChI is InChI=1S/C11H16N2O2S/c1-8(2)7-13-9-5-4-6-10(11(9)12)16(3,14)15/h4-6,13H,1,7,12H2,2-3H3. The first-order valence-corrected chi connectivity index (χ1v) is 6.68. The highest BCUT2D eigenvalue weighted by Crippen LogP contribution is 2.26. The van der Waals surface area contributed by atoms with Gasteiger partial charge in [0.05, 0.1) is 16.3 Å². The van der Waals surface area contributed by atoms with Gasteiger partial charge in [0.15, 0.2) is 9.84 Å². The third kappa shape index (κ3) is 3.00. The summed E-state index contributed by atoms with van der Waals surface area (Å²) < 4.78 is 22.8. The minimum atomic E-state index is -3.28. The fraction of sp³-hybridized carbons (Fsp3) is 0.273. The van der Waals surface area contributed by atoms with Crippen molar-refractivity contribution in [3.8, 4) is 0 Å². The summed E-state index contributed by atoms with van der Waals surface area (Å²) in [6.07, 6.45) is 1.14. The molecule has 0 saturated carbocycles. The Morgan fingerprint density at radius 1 is 1.50 bits per heavy atom. The predicted molar refractivity (Wildman–Crippen MR) is 67.3 cm³/mol. The highest BCUT2D eigenvalue weighted by molar-refractivity contribution is 7.90. The van der Waals surface area contributed by atoms with E-state index in [4.69, 9.17) is 5.73 Å². The van der Waals surface area contributed by atoms with Gasteiger partial charge in [-0.05, 0) is 19.1 Å². The number of rotatable bonds is 4. The molecule has 4 nitrogen and oxygen atoms in total. The van der Waals surface area contributed by atoms with Crippen LogP contribution in [-0.4, -0.2) is 21.2 Å². The largest absolute Gasteiger partial charge is 0.396 e. The number of nitrogens with two attached hydrogens (primary N) is 1. The lowest BCUT2D eigenvalue weighted by molar-refractivity contribution is 0.602. The van der Waals surface area contributed by atoms with Gasteiger partial charge in [0.25, 0.3) is 0 Å². The van der Waals surface area contributed by atoms with E-state index in [1.54, 1.807) is 12.1 Å². The Hall–Kier alpha value is -1.49. The number of anilines is 2. The Bertz CT molecular complexity index is 507. The second-order valence-corrected chi connectivity index (χ2v) is 5.78. The summed E-state index contributed by atoms with van der Waals surface area (Å²) >= 11 is 0. The number of hydrogen-bond donors (Lipinski definition) is 2. The van der Waals surface area contributed by atoms with Gasteiger partial charge < -0.3 is 11.1 Å². The molecule has 5 heteroatoms. The van der Waals surface area contributed by atoms with Crippen LogP contribution >= 0.6 is 0 Å². The van der Waals surface area contributed by atoms with E-state index in [-0.39, 0.29) is 10.6 Å². The van der Waals surface area contributed by atoms with Crippen molar-refractivity contribution in [3.05, 3.63) is 30.4 Å².